The summed E-state index contributed by atoms with van der Waals surface area (Å²) in [5.74, 6) is -0.864. The third kappa shape index (κ3) is 6.72. The number of carbonyl (C=O) groups is 1. The highest BCUT2D eigenvalue weighted by Crippen LogP contribution is 2.36. The number of halogens is 5. The van der Waals surface area contributed by atoms with Gasteiger partial charge in [0, 0.05) is 4.47 Å². The summed E-state index contributed by atoms with van der Waals surface area (Å²) in [5, 5.41) is 3.45. The van der Waals surface area contributed by atoms with Gasteiger partial charge in [0.25, 0.3) is 5.91 Å². The van der Waals surface area contributed by atoms with E-state index in [9.17, 15) is 26.4 Å². The van der Waals surface area contributed by atoms with Crippen LogP contribution in [-0.4, -0.2) is 33.3 Å². The largest absolute Gasteiger partial charge is 0.416 e. The molecule has 0 fully saturated rings. The van der Waals surface area contributed by atoms with Gasteiger partial charge in [0.2, 0.25) is 10.0 Å². The molecule has 2 aromatic carbocycles. The van der Waals surface area contributed by atoms with Crippen molar-refractivity contribution in [1.29, 1.82) is 0 Å². The minimum Gasteiger partial charge on any atom is -0.271 e. The summed E-state index contributed by atoms with van der Waals surface area (Å²) in [6.45, 7) is -0.808. The lowest BCUT2D eigenvalue weighted by atomic mass is 10.2. The number of hydrazone groups is 1. The number of amides is 1. The SMILES string of the molecule is CS(=O)(=O)N(CC(=O)N/N=C\c1ccc(Br)cc1)c1cc(C(F)(F)F)ccc1Cl. The van der Waals surface area contributed by atoms with E-state index >= 15 is 0 Å². The molecule has 156 valence electrons. The van der Waals surface area contributed by atoms with E-state index in [1.165, 1.54) is 6.21 Å². The lowest BCUT2D eigenvalue weighted by Gasteiger charge is -2.23. The number of anilines is 1. The molecule has 2 rings (SSSR count). The Morgan fingerprint density at radius 3 is 2.41 bits per heavy atom. The van der Waals surface area contributed by atoms with Crippen LogP contribution in [-0.2, 0) is 21.0 Å². The van der Waals surface area contributed by atoms with Gasteiger partial charge in [0.1, 0.15) is 6.54 Å². The monoisotopic (exact) mass is 511 g/mol. The van der Waals surface area contributed by atoms with Crippen LogP contribution in [0.15, 0.2) is 52.0 Å². The van der Waals surface area contributed by atoms with Gasteiger partial charge >= 0.3 is 6.18 Å². The van der Waals surface area contributed by atoms with Crippen molar-refractivity contribution < 1.29 is 26.4 Å². The number of carbonyl (C=O) groups excluding carboxylic acids is 1. The topological polar surface area (TPSA) is 78.8 Å². The zero-order valence-electron chi connectivity index (χ0n) is 14.7. The van der Waals surface area contributed by atoms with Crippen LogP contribution in [0.3, 0.4) is 0 Å². The van der Waals surface area contributed by atoms with Crippen LogP contribution in [0, 0.1) is 0 Å². The first-order valence-corrected chi connectivity index (χ1v) is 10.8. The van der Waals surface area contributed by atoms with Crippen LogP contribution in [0.5, 0.6) is 0 Å². The van der Waals surface area contributed by atoms with Gasteiger partial charge in [0.05, 0.1) is 28.7 Å². The average molecular weight is 513 g/mol. The van der Waals surface area contributed by atoms with Crippen LogP contribution in [0.2, 0.25) is 5.02 Å². The number of nitrogens with zero attached hydrogens (tertiary/aromatic N) is 2. The first kappa shape index (κ1) is 23.2. The van der Waals surface area contributed by atoms with Crippen molar-refractivity contribution in [2.75, 3.05) is 17.1 Å². The lowest BCUT2D eigenvalue weighted by Crippen LogP contribution is -2.39. The van der Waals surface area contributed by atoms with Crippen molar-refractivity contribution in [3.8, 4) is 0 Å². The summed E-state index contributed by atoms with van der Waals surface area (Å²) in [6, 6.07) is 9.14. The van der Waals surface area contributed by atoms with Crippen LogP contribution < -0.4 is 9.73 Å². The molecule has 1 amide bonds. The maximum Gasteiger partial charge on any atom is 0.416 e. The lowest BCUT2D eigenvalue weighted by molar-refractivity contribution is -0.137. The van der Waals surface area contributed by atoms with E-state index in [0.29, 0.717) is 15.9 Å². The molecular weight excluding hydrogens is 499 g/mol. The van der Waals surface area contributed by atoms with Crippen LogP contribution >= 0.6 is 27.5 Å². The molecule has 0 heterocycles. The molecule has 29 heavy (non-hydrogen) atoms. The second kappa shape index (κ2) is 9.14. The van der Waals surface area contributed by atoms with E-state index in [4.69, 9.17) is 11.6 Å². The third-order valence-electron chi connectivity index (χ3n) is 3.50. The predicted octanol–water partition coefficient (Wildman–Crippen LogP) is 4.04. The summed E-state index contributed by atoms with van der Waals surface area (Å²) in [7, 11) is -4.12. The van der Waals surface area contributed by atoms with Gasteiger partial charge in [-0.1, -0.05) is 39.7 Å². The Balaban J connectivity index is 2.22. The van der Waals surface area contributed by atoms with E-state index in [-0.39, 0.29) is 5.02 Å². The van der Waals surface area contributed by atoms with E-state index in [2.05, 4.69) is 26.5 Å². The Kier molecular flexibility index (Phi) is 7.30. The van der Waals surface area contributed by atoms with Gasteiger partial charge in [-0.25, -0.2) is 13.8 Å². The van der Waals surface area contributed by atoms with Gasteiger partial charge in [0.15, 0.2) is 0 Å². The molecule has 0 atom stereocenters. The smallest absolute Gasteiger partial charge is 0.271 e. The normalized spacial score (nSPS) is 12.2. The van der Waals surface area contributed by atoms with Gasteiger partial charge in [-0.15, -0.1) is 0 Å². The van der Waals surface area contributed by atoms with Crippen molar-refractivity contribution in [2.45, 2.75) is 6.18 Å². The average Bonchev–Trinajstić information content (AvgIpc) is 2.60. The molecule has 0 bridgehead atoms. The van der Waals surface area contributed by atoms with Crippen molar-refractivity contribution >= 4 is 55.4 Å². The summed E-state index contributed by atoms with van der Waals surface area (Å²) in [6.07, 6.45) is -2.63. The summed E-state index contributed by atoms with van der Waals surface area (Å²) in [4.78, 5) is 12.1. The number of nitrogens with one attached hydrogen (secondary N) is 1. The van der Waals surface area contributed by atoms with Gasteiger partial charge in [-0.2, -0.15) is 18.3 Å². The molecule has 0 aromatic heterocycles. The van der Waals surface area contributed by atoms with E-state index in [1.54, 1.807) is 24.3 Å². The van der Waals surface area contributed by atoms with Crippen molar-refractivity contribution in [3.63, 3.8) is 0 Å². The highest BCUT2D eigenvalue weighted by Gasteiger charge is 2.33. The highest BCUT2D eigenvalue weighted by molar-refractivity contribution is 9.10. The Morgan fingerprint density at radius 1 is 1.24 bits per heavy atom. The summed E-state index contributed by atoms with van der Waals surface area (Å²) >= 11 is 9.16. The Bertz CT molecular complexity index is 1030. The molecule has 12 heteroatoms. The number of hydrogen-bond donors (Lipinski definition) is 1. The first-order valence-electron chi connectivity index (χ1n) is 7.80. The van der Waals surface area contributed by atoms with Crippen molar-refractivity contribution in [2.24, 2.45) is 5.10 Å². The van der Waals surface area contributed by atoms with Crippen molar-refractivity contribution in [1.82, 2.24) is 5.43 Å². The summed E-state index contributed by atoms with van der Waals surface area (Å²) in [5.41, 5.74) is 1.23. The minimum absolute atomic E-state index is 0.255. The maximum atomic E-state index is 13.0. The van der Waals surface area contributed by atoms with Gasteiger partial charge in [-0.05, 0) is 35.9 Å². The number of alkyl halides is 3. The second-order valence-corrected chi connectivity index (χ2v) is 9.01. The predicted molar refractivity (Wildman–Crippen MR) is 109 cm³/mol. The quantitative estimate of drug-likeness (QED) is 0.469. The molecule has 0 saturated carbocycles. The molecule has 1 N–H and O–H groups in total. The molecule has 2 aromatic rings. The number of hydrogen-bond acceptors (Lipinski definition) is 4. The minimum atomic E-state index is -4.71. The maximum absolute atomic E-state index is 13.0. The molecule has 0 spiro atoms. The van der Waals surface area contributed by atoms with Crippen LogP contribution in [0.1, 0.15) is 11.1 Å². The van der Waals surface area contributed by atoms with E-state index < -0.39 is 39.9 Å². The highest BCUT2D eigenvalue weighted by atomic mass is 79.9. The number of benzene rings is 2. The van der Waals surface area contributed by atoms with Crippen LogP contribution in [0.25, 0.3) is 0 Å². The van der Waals surface area contributed by atoms with Gasteiger partial charge < -0.3 is 0 Å². The standard InChI is InChI=1S/C17H14BrClF3N3O3S/c1-29(27,28)25(15-8-12(17(20,21)22)4-7-14(15)19)10-16(26)24-23-9-11-2-5-13(18)6-3-11/h2-9H,10H2,1H3,(H,24,26)/b23-9-. The molecule has 0 radical (unpaired) electrons. The number of rotatable bonds is 6. The molecule has 0 unspecified atom stereocenters. The fourth-order valence-electron chi connectivity index (χ4n) is 2.15. The summed E-state index contributed by atoms with van der Waals surface area (Å²) < 4.78 is 64.4. The molecule has 0 saturated heterocycles. The Labute approximate surface area is 178 Å². The molecule has 0 aliphatic rings. The Hall–Kier alpha value is -2.11. The van der Waals surface area contributed by atoms with E-state index in [0.717, 1.165) is 22.9 Å². The second-order valence-electron chi connectivity index (χ2n) is 5.78. The fraction of sp³-hybridized carbons (Fsp3) is 0.176. The molecular formula is C17H14BrClF3N3O3S. The molecule has 0 aliphatic carbocycles. The molecule has 6 nitrogen and oxygen atoms in total. The first-order chi connectivity index (χ1) is 13.4. The number of sulfonamides is 1. The van der Waals surface area contributed by atoms with Crippen LogP contribution in [0.4, 0.5) is 18.9 Å². The third-order valence-corrected chi connectivity index (χ3v) is 5.48. The Morgan fingerprint density at radius 2 is 1.86 bits per heavy atom. The van der Waals surface area contributed by atoms with Gasteiger partial charge in [-0.3, -0.25) is 9.10 Å². The van der Waals surface area contributed by atoms with Crippen molar-refractivity contribution in [3.05, 3.63) is 63.1 Å². The fourth-order valence-corrected chi connectivity index (χ4v) is 3.55. The molecule has 0 aliphatic heterocycles. The zero-order chi connectivity index (χ0) is 21.8. The zero-order valence-corrected chi connectivity index (χ0v) is 17.9. The van der Waals surface area contributed by atoms with E-state index in [1.807, 2.05) is 0 Å².